The third kappa shape index (κ3) is 1.42. The summed E-state index contributed by atoms with van der Waals surface area (Å²) in [6.45, 7) is 1.62. The molecule has 0 aliphatic rings. The van der Waals surface area contributed by atoms with E-state index >= 15 is 0 Å². The SMILES string of the molecule is Cc1[nH]c(=O)nc(N)c1NC=O. The molecule has 0 saturated heterocycles. The van der Waals surface area contributed by atoms with E-state index < -0.39 is 5.69 Å². The second-order valence-electron chi connectivity index (χ2n) is 2.19. The molecule has 6 heteroatoms. The summed E-state index contributed by atoms with van der Waals surface area (Å²) in [5, 5.41) is 2.33. The van der Waals surface area contributed by atoms with Crippen LogP contribution in [-0.2, 0) is 4.79 Å². The Balaban J connectivity index is 3.27. The van der Waals surface area contributed by atoms with Crippen LogP contribution in [0, 0.1) is 6.92 Å². The molecule has 0 bridgehead atoms. The van der Waals surface area contributed by atoms with E-state index in [2.05, 4.69) is 15.3 Å². The molecule has 64 valence electrons. The molecule has 6 nitrogen and oxygen atoms in total. The molecule has 0 aromatic carbocycles. The Morgan fingerprint density at radius 1 is 1.67 bits per heavy atom. The van der Waals surface area contributed by atoms with Gasteiger partial charge in [-0.15, -0.1) is 0 Å². The number of nitrogen functional groups attached to an aromatic ring is 1. The number of aromatic nitrogens is 2. The molecule has 0 radical (unpaired) electrons. The maximum absolute atomic E-state index is 10.7. The second kappa shape index (κ2) is 3.04. The number of H-pyrrole nitrogens is 1. The maximum Gasteiger partial charge on any atom is 0.347 e. The van der Waals surface area contributed by atoms with E-state index in [0.717, 1.165) is 0 Å². The number of carbonyl (C=O) groups is 1. The van der Waals surface area contributed by atoms with Gasteiger partial charge in [-0.2, -0.15) is 4.98 Å². The fourth-order valence-electron chi connectivity index (χ4n) is 0.849. The van der Waals surface area contributed by atoms with E-state index in [1.807, 2.05) is 0 Å². The van der Waals surface area contributed by atoms with Crippen molar-refractivity contribution in [3.8, 4) is 0 Å². The number of aromatic amines is 1. The molecule has 0 saturated carbocycles. The second-order valence-corrected chi connectivity index (χ2v) is 2.19. The predicted octanol–water partition coefficient (Wildman–Crippen LogP) is -0.771. The molecular weight excluding hydrogens is 160 g/mol. The van der Waals surface area contributed by atoms with Gasteiger partial charge in [0.1, 0.15) is 5.69 Å². The van der Waals surface area contributed by atoms with E-state index in [0.29, 0.717) is 17.8 Å². The zero-order valence-electron chi connectivity index (χ0n) is 6.42. The number of anilines is 2. The summed E-state index contributed by atoms with van der Waals surface area (Å²) in [6.07, 6.45) is 0.471. The minimum absolute atomic E-state index is 0.0170. The van der Waals surface area contributed by atoms with Crippen LogP contribution in [-0.4, -0.2) is 16.4 Å². The third-order valence-electron chi connectivity index (χ3n) is 1.35. The van der Waals surface area contributed by atoms with Crippen LogP contribution in [0.25, 0.3) is 0 Å². The topological polar surface area (TPSA) is 101 Å². The molecule has 0 aliphatic heterocycles. The van der Waals surface area contributed by atoms with Crippen LogP contribution >= 0.6 is 0 Å². The van der Waals surface area contributed by atoms with Gasteiger partial charge < -0.3 is 16.0 Å². The molecule has 0 spiro atoms. The van der Waals surface area contributed by atoms with Crippen molar-refractivity contribution in [1.82, 2.24) is 9.97 Å². The predicted molar refractivity (Wildman–Crippen MR) is 43.7 cm³/mol. The summed E-state index contributed by atoms with van der Waals surface area (Å²) in [7, 11) is 0. The van der Waals surface area contributed by atoms with Crippen LogP contribution in [0.4, 0.5) is 11.5 Å². The number of nitrogens with zero attached hydrogens (tertiary/aromatic N) is 1. The van der Waals surface area contributed by atoms with Gasteiger partial charge in [-0.05, 0) is 6.92 Å². The highest BCUT2D eigenvalue weighted by Gasteiger charge is 2.04. The molecule has 1 amide bonds. The van der Waals surface area contributed by atoms with Gasteiger partial charge in [0.15, 0.2) is 5.82 Å². The number of hydrogen-bond donors (Lipinski definition) is 3. The molecule has 12 heavy (non-hydrogen) atoms. The van der Waals surface area contributed by atoms with E-state index in [9.17, 15) is 9.59 Å². The number of amides is 1. The Morgan fingerprint density at radius 2 is 2.33 bits per heavy atom. The number of hydrogen-bond acceptors (Lipinski definition) is 4. The average molecular weight is 168 g/mol. The van der Waals surface area contributed by atoms with E-state index in [4.69, 9.17) is 5.73 Å². The first-order chi connectivity index (χ1) is 5.65. The van der Waals surface area contributed by atoms with Crippen molar-refractivity contribution in [1.29, 1.82) is 0 Å². The number of nitrogens with two attached hydrogens (primary N) is 1. The van der Waals surface area contributed by atoms with Crippen molar-refractivity contribution < 1.29 is 4.79 Å². The first-order valence-corrected chi connectivity index (χ1v) is 3.21. The zero-order chi connectivity index (χ0) is 9.14. The Morgan fingerprint density at radius 3 is 2.83 bits per heavy atom. The van der Waals surface area contributed by atoms with Crippen LogP contribution in [0.5, 0.6) is 0 Å². The van der Waals surface area contributed by atoms with Crippen molar-refractivity contribution in [3.63, 3.8) is 0 Å². The lowest BCUT2D eigenvalue weighted by Gasteiger charge is -2.04. The summed E-state index contributed by atoms with van der Waals surface area (Å²) in [6, 6.07) is 0. The van der Waals surface area contributed by atoms with Crippen molar-refractivity contribution in [3.05, 3.63) is 16.2 Å². The minimum Gasteiger partial charge on any atom is -0.382 e. The lowest BCUT2D eigenvalue weighted by molar-refractivity contribution is -0.105. The molecule has 1 aromatic rings. The third-order valence-corrected chi connectivity index (χ3v) is 1.35. The van der Waals surface area contributed by atoms with Crippen LogP contribution in [0.1, 0.15) is 5.69 Å². The number of rotatable bonds is 2. The van der Waals surface area contributed by atoms with Gasteiger partial charge in [-0.25, -0.2) is 4.79 Å². The maximum atomic E-state index is 10.7. The van der Waals surface area contributed by atoms with Gasteiger partial charge in [-0.1, -0.05) is 0 Å². The monoisotopic (exact) mass is 168 g/mol. The normalized spacial score (nSPS) is 9.42. The molecule has 1 heterocycles. The van der Waals surface area contributed by atoms with Crippen molar-refractivity contribution in [2.24, 2.45) is 0 Å². The molecule has 0 atom stereocenters. The lowest BCUT2D eigenvalue weighted by Crippen LogP contribution is -2.16. The number of aryl methyl sites for hydroxylation is 1. The Labute approximate surface area is 67.8 Å². The van der Waals surface area contributed by atoms with Gasteiger partial charge in [0.05, 0.1) is 0 Å². The quantitative estimate of drug-likeness (QED) is 0.504. The molecule has 1 rings (SSSR count). The fourth-order valence-corrected chi connectivity index (χ4v) is 0.849. The van der Waals surface area contributed by atoms with Crippen LogP contribution < -0.4 is 16.7 Å². The number of carbonyl (C=O) groups excluding carboxylic acids is 1. The van der Waals surface area contributed by atoms with E-state index in [1.165, 1.54) is 0 Å². The van der Waals surface area contributed by atoms with Crippen LogP contribution in [0.2, 0.25) is 0 Å². The van der Waals surface area contributed by atoms with E-state index in [1.54, 1.807) is 6.92 Å². The molecule has 4 N–H and O–H groups in total. The molecule has 0 unspecified atom stereocenters. The molecule has 0 aliphatic carbocycles. The highest BCUT2D eigenvalue weighted by atomic mass is 16.1. The van der Waals surface area contributed by atoms with Gasteiger partial charge in [-0.3, -0.25) is 4.79 Å². The fraction of sp³-hybridized carbons (Fsp3) is 0.167. The summed E-state index contributed by atoms with van der Waals surface area (Å²) >= 11 is 0. The molecule has 1 aromatic heterocycles. The van der Waals surface area contributed by atoms with Crippen molar-refractivity contribution in [2.45, 2.75) is 6.92 Å². The Kier molecular flexibility index (Phi) is 2.09. The smallest absolute Gasteiger partial charge is 0.347 e. The van der Waals surface area contributed by atoms with Gasteiger partial charge in [0, 0.05) is 5.69 Å². The lowest BCUT2D eigenvalue weighted by atomic mass is 10.3. The molecular formula is C6H8N4O2. The van der Waals surface area contributed by atoms with Crippen molar-refractivity contribution >= 4 is 17.9 Å². The molecule has 0 fully saturated rings. The van der Waals surface area contributed by atoms with Gasteiger partial charge in [0.2, 0.25) is 6.41 Å². The summed E-state index contributed by atoms with van der Waals surface area (Å²) in [5.41, 5.74) is 5.65. The Hall–Kier alpha value is -1.85. The highest BCUT2D eigenvalue weighted by Crippen LogP contribution is 2.14. The average Bonchev–Trinajstić information content (AvgIpc) is 1.96. The summed E-state index contributed by atoms with van der Waals surface area (Å²) in [5.74, 6) is 0.0170. The van der Waals surface area contributed by atoms with Gasteiger partial charge in [0.25, 0.3) is 0 Å². The van der Waals surface area contributed by atoms with E-state index in [-0.39, 0.29) is 5.82 Å². The first-order valence-electron chi connectivity index (χ1n) is 3.21. The summed E-state index contributed by atoms with van der Waals surface area (Å²) < 4.78 is 0. The van der Waals surface area contributed by atoms with Crippen LogP contribution in [0.15, 0.2) is 4.79 Å². The highest BCUT2D eigenvalue weighted by molar-refractivity contribution is 5.78. The van der Waals surface area contributed by atoms with Crippen molar-refractivity contribution in [2.75, 3.05) is 11.1 Å². The minimum atomic E-state index is -0.526. The Bertz CT molecular complexity index is 331. The summed E-state index contributed by atoms with van der Waals surface area (Å²) in [4.78, 5) is 26.6. The largest absolute Gasteiger partial charge is 0.382 e. The van der Waals surface area contributed by atoms with Gasteiger partial charge >= 0.3 is 5.69 Å². The number of nitrogens with one attached hydrogen (secondary N) is 2. The zero-order valence-corrected chi connectivity index (χ0v) is 6.42. The van der Waals surface area contributed by atoms with Crippen LogP contribution in [0.3, 0.4) is 0 Å². The standard InChI is InChI=1S/C6H8N4O2/c1-3-4(8-2-11)5(7)10-6(12)9-3/h2H,1H3,(H,8,11)(H3,7,9,10,12). The first kappa shape index (κ1) is 8.25.